The van der Waals surface area contributed by atoms with Crippen molar-refractivity contribution in [2.24, 2.45) is 0 Å². The molecule has 1 nitrogen and oxygen atoms in total. The van der Waals surface area contributed by atoms with Gasteiger partial charge in [0.25, 0.3) is 0 Å². The van der Waals surface area contributed by atoms with E-state index in [0.717, 1.165) is 25.7 Å². The maximum Gasteiger partial charge on any atom is 0.0726 e. The zero-order valence-electron chi connectivity index (χ0n) is 9.95. The molecule has 0 saturated carbocycles. The lowest BCUT2D eigenvalue weighted by atomic mass is 9.98. The Labute approximate surface area is 97.8 Å². The van der Waals surface area contributed by atoms with Gasteiger partial charge < -0.3 is 5.11 Å². The maximum absolute atomic E-state index is 9.77. The van der Waals surface area contributed by atoms with Crippen molar-refractivity contribution in [3.05, 3.63) is 41.5 Å². The zero-order valence-corrected chi connectivity index (χ0v) is 9.95. The molecule has 1 aliphatic carbocycles. The fraction of sp³-hybridized carbons (Fsp3) is 0.467. The summed E-state index contributed by atoms with van der Waals surface area (Å²) in [5.74, 6) is 0. The van der Waals surface area contributed by atoms with Crippen LogP contribution in [0.1, 0.15) is 43.7 Å². The first kappa shape index (κ1) is 11.4. The summed E-state index contributed by atoms with van der Waals surface area (Å²) in [6, 6.07) is 8.69. The quantitative estimate of drug-likeness (QED) is 0.801. The number of rotatable bonds is 2. The van der Waals surface area contributed by atoms with Crippen molar-refractivity contribution < 1.29 is 5.11 Å². The molecule has 0 fully saturated rings. The first-order chi connectivity index (χ1) is 7.79. The third kappa shape index (κ3) is 2.73. The van der Waals surface area contributed by atoms with Crippen LogP contribution in [0.3, 0.4) is 0 Å². The highest BCUT2D eigenvalue weighted by Crippen LogP contribution is 2.26. The van der Waals surface area contributed by atoms with Crippen LogP contribution in [0.25, 0.3) is 5.57 Å². The van der Waals surface area contributed by atoms with E-state index in [1.54, 1.807) is 0 Å². The Balaban J connectivity index is 2.27. The number of hydrogen-bond acceptors (Lipinski definition) is 1. The minimum atomic E-state index is -0.247. The van der Waals surface area contributed by atoms with Crippen molar-refractivity contribution in [1.29, 1.82) is 0 Å². The number of aliphatic hydroxyl groups excluding tert-OH is 1. The van der Waals surface area contributed by atoms with E-state index in [1.807, 2.05) is 6.08 Å². The molecule has 0 saturated heterocycles. The summed E-state index contributed by atoms with van der Waals surface area (Å²) in [4.78, 5) is 0. The molecule has 16 heavy (non-hydrogen) atoms. The Morgan fingerprint density at radius 1 is 1.31 bits per heavy atom. The Kier molecular flexibility index (Phi) is 3.79. The highest BCUT2D eigenvalue weighted by molar-refractivity contribution is 5.66. The first-order valence-corrected chi connectivity index (χ1v) is 6.27. The van der Waals surface area contributed by atoms with Gasteiger partial charge >= 0.3 is 0 Å². The molecule has 1 unspecified atom stereocenters. The van der Waals surface area contributed by atoms with Crippen LogP contribution in [0.4, 0.5) is 0 Å². The summed E-state index contributed by atoms with van der Waals surface area (Å²) in [7, 11) is 0. The smallest absolute Gasteiger partial charge is 0.0726 e. The second kappa shape index (κ2) is 5.31. The van der Waals surface area contributed by atoms with E-state index >= 15 is 0 Å². The van der Waals surface area contributed by atoms with Gasteiger partial charge in [0.15, 0.2) is 0 Å². The van der Waals surface area contributed by atoms with Crippen molar-refractivity contribution in [3.8, 4) is 0 Å². The summed E-state index contributed by atoms with van der Waals surface area (Å²) >= 11 is 0. The highest BCUT2D eigenvalue weighted by atomic mass is 16.3. The molecule has 0 heterocycles. The van der Waals surface area contributed by atoms with Crippen LogP contribution in [0.15, 0.2) is 30.3 Å². The number of allylic oxidation sites excluding steroid dienone is 1. The van der Waals surface area contributed by atoms with Crippen molar-refractivity contribution in [1.82, 2.24) is 0 Å². The molecule has 1 aliphatic rings. The zero-order chi connectivity index (χ0) is 11.4. The topological polar surface area (TPSA) is 20.2 Å². The fourth-order valence-corrected chi connectivity index (χ4v) is 2.30. The molecule has 0 amide bonds. The Bertz CT molecular complexity index is 379. The normalized spacial score (nSPS) is 21.4. The lowest BCUT2D eigenvalue weighted by Crippen LogP contribution is -2.00. The van der Waals surface area contributed by atoms with Gasteiger partial charge in [0.05, 0.1) is 6.10 Å². The van der Waals surface area contributed by atoms with E-state index in [4.69, 9.17) is 0 Å². The molecule has 0 spiro atoms. The number of hydrogen-bond donors (Lipinski definition) is 1. The van der Waals surface area contributed by atoms with Gasteiger partial charge in [0.1, 0.15) is 0 Å². The van der Waals surface area contributed by atoms with E-state index in [1.165, 1.54) is 23.1 Å². The third-order valence-electron chi connectivity index (χ3n) is 3.30. The lowest BCUT2D eigenvalue weighted by molar-refractivity contribution is 0.211. The van der Waals surface area contributed by atoms with Gasteiger partial charge in [0, 0.05) is 0 Å². The SMILES string of the molecule is CCc1cccc(C2=CC(O)CCCC2)c1. The minimum absolute atomic E-state index is 0.247. The minimum Gasteiger partial charge on any atom is -0.389 e. The summed E-state index contributed by atoms with van der Waals surface area (Å²) < 4.78 is 0. The van der Waals surface area contributed by atoms with Crippen LogP contribution < -0.4 is 0 Å². The summed E-state index contributed by atoms with van der Waals surface area (Å²) in [5.41, 5.74) is 3.98. The van der Waals surface area contributed by atoms with E-state index in [2.05, 4.69) is 31.2 Å². The van der Waals surface area contributed by atoms with Crippen molar-refractivity contribution in [3.63, 3.8) is 0 Å². The second-order valence-electron chi connectivity index (χ2n) is 4.56. The van der Waals surface area contributed by atoms with Gasteiger partial charge in [-0.15, -0.1) is 0 Å². The number of benzene rings is 1. The van der Waals surface area contributed by atoms with Gasteiger partial charge in [-0.2, -0.15) is 0 Å². The predicted octanol–water partition coefficient (Wildman–Crippen LogP) is 3.57. The van der Waals surface area contributed by atoms with E-state index < -0.39 is 0 Å². The van der Waals surface area contributed by atoms with Crippen LogP contribution in [-0.4, -0.2) is 11.2 Å². The molecular formula is C15H20O. The monoisotopic (exact) mass is 216 g/mol. The molecule has 1 aromatic carbocycles. The third-order valence-corrected chi connectivity index (χ3v) is 3.30. The fourth-order valence-electron chi connectivity index (χ4n) is 2.30. The molecule has 2 rings (SSSR count). The number of aryl methyl sites for hydroxylation is 1. The Hall–Kier alpha value is -1.08. The molecule has 1 N–H and O–H groups in total. The van der Waals surface area contributed by atoms with Crippen LogP contribution in [0, 0.1) is 0 Å². The van der Waals surface area contributed by atoms with Crippen molar-refractivity contribution >= 4 is 5.57 Å². The molecule has 0 radical (unpaired) electrons. The number of aliphatic hydroxyl groups is 1. The molecule has 1 heteroatoms. The van der Waals surface area contributed by atoms with Gasteiger partial charge in [-0.3, -0.25) is 0 Å². The summed E-state index contributed by atoms with van der Waals surface area (Å²) in [6.07, 6.45) is 7.21. The molecule has 0 aliphatic heterocycles. The second-order valence-corrected chi connectivity index (χ2v) is 4.56. The van der Waals surface area contributed by atoms with Crippen LogP contribution in [0.5, 0.6) is 0 Å². The Morgan fingerprint density at radius 2 is 2.19 bits per heavy atom. The predicted molar refractivity (Wildman–Crippen MR) is 68.3 cm³/mol. The maximum atomic E-state index is 9.77. The molecular weight excluding hydrogens is 196 g/mol. The van der Waals surface area contributed by atoms with Crippen LogP contribution >= 0.6 is 0 Å². The average molecular weight is 216 g/mol. The lowest BCUT2D eigenvalue weighted by Gasteiger charge is -2.08. The average Bonchev–Trinajstić information content (AvgIpc) is 2.54. The van der Waals surface area contributed by atoms with Crippen molar-refractivity contribution in [2.75, 3.05) is 0 Å². The molecule has 0 aromatic heterocycles. The first-order valence-electron chi connectivity index (χ1n) is 6.27. The van der Waals surface area contributed by atoms with E-state index in [9.17, 15) is 5.11 Å². The molecule has 86 valence electrons. The molecule has 1 aromatic rings. The Morgan fingerprint density at radius 3 is 3.00 bits per heavy atom. The van der Waals surface area contributed by atoms with Gasteiger partial charge in [0.2, 0.25) is 0 Å². The highest BCUT2D eigenvalue weighted by Gasteiger charge is 2.10. The van der Waals surface area contributed by atoms with Gasteiger partial charge in [-0.05, 0) is 42.4 Å². The van der Waals surface area contributed by atoms with Crippen LogP contribution in [-0.2, 0) is 6.42 Å². The van der Waals surface area contributed by atoms with Crippen LogP contribution in [0.2, 0.25) is 0 Å². The van der Waals surface area contributed by atoms with E-state index in [-0.39, 0.29) is 6.10 Å². The largest absolute Gasteiger partial charge is 0.389 e. The summed E-state index contributed by atoms with van der Waals surface area (Å²) in [6.45, 7) is 2.18. The van der Waals surface area contributed by atoms with E-state index in [0.29, 0.717) is 0 Å². The molecule has 0 bridgehead atoms. The van der Waals surface area contributed by atoms with Crippen molar-refractivity contribution in [2.45, 2.75) is 45.1 Å². The standard InChI is InChI=1S/C15H20O/c1-2-12-6-5-8-13(10-12)14-7-3-4-9-15(16)11-14/h5-6,8,10-11,15-16H,2-4,7,9H2,1H3. The van der Waals surface area contributed by atoms with Gasteiger partial charge in [-0.25, -0.2) is 0 Å². The van der Waals surface area contributed by atoms with Gasteiger partial charge in [-0.1, -0.05) is 43.7 Å². The summed E-state index contributed by atoms with van der Waals surface area (Å²) in [5, 5.41) is 9.77. The molecule has 1 atom stereocenters.